The zero-order chi connectivity index (χ0) is 25.5. The van der Waals surface area contributed by atoms with Crippen LogP contribution >= 0.6 is 0 Å². The van der Waals surface area contributed by atoms with Gasteiger partial charge >= 0.3 is 0 Å². The fourth-order valence-corrected chi connectivity index (χ4v) is 4.85. The van der Waals surface area contributed by atoms with Crippen molar-refractivity contribution in [1.82, 2.24) is 0 Å². The van der Waals surface area contributed by atoms with Gasteiger partial charge in [-0.15, -0.1) is 0 Å². The van der Waals surface area contributed by atoms with Crippen LogP contribution in [0.1, 0.15) is 49.9 Å². The zero-order valence-corrected chi connectivity index (χ0v) is 21.9. The van der Waals surface area contributed by atoms with E-state index in [0.717, 1.165) is 59.6 Å². The summed E-state index contributed by atoms with van der Waals surface area (Å²) in [5, 5.41) is 0. The molecule has 3 aromatic carbocycles. The second-order valence-electron chi connectivity index (χ2n) is 8.88. The smallest absolute Gasteiger partial charge is 0.186 e. The van der Waals surface area contributed by atoms with Gasteiger partial charge < -0.3 is 9.80 Å². The summed E-state index contributed by atoms with van der Waals surface area (Å²) in [6.07, 6.45) is 7.65. The van der Waals surface area contributed by atoms with E-state index in [-0.39, 0.29) is 5.78 Å². The lowest BCUT2D eigenvalue weighted by molar-refractivity contribution is -0.109. The Hall–Kier alpha value is -3.85. The molecule has 0 aliphatic heterocycles. The molecule has 0 saturated heterocycles. The van der Waals surface area contributed by atoms with E-state index in [1.165, 1.54) is 11.4 Å². The molecule has 3 heteroatoms. The largest absolute Gasteiger partial charge is 0.372 e. The fourth-order valence-electron chi connectivity index (χ4n) is 4.85. The van der Waals surface area contributed by atoms with Crippen molar-refractivity contribution in [3.63, 3.8) is 0 Å². The van der Waals surface area contributed by atoms with Gasteiger partial charge in [0.05, 0.1) is 0 Å². The van der Waals surface area contributed by atoms with Crippen LogP contribution in [0.3, 0.4) is 0 Å². The molecule has 184 valence electrons. The first-order chi connectivity index (χ1) is 17.6. The Morgan fingerprint density at radius 3 is 1.67 bits per heavy atom. The van der Waals surface area contributed by atoms with Gasteiger partial charge in [-0.3, -0.25) is 4.79 Å². The van der Waals surface area contributed by atoms with E-state index >= 15 is 0 Å². The van der Waals surface area contributed by atoms with Crippen molar-refractivity contribution >= 4 is 34.4 Å². The molecular weight excluding hydrogens is 440 g/mol. The van der Waals surface area contributed by atoms with Crippen molar-refractivity contribution < 1.29 is 4.79 Å². The maximum atomic E-state index is 12.8. The van der Waals surface area contributed by atoms with Gasteiger partial charge in [0.2, 0.25) is 0 Å². The van der Waals surface area contributed by atoms with Crippen molar-refractivity contribution in [3.05, 3.63) is 113 Å². The minimum absolute atomic E-state index is 0.0399. The molecule has 36 heavy (non-hydrogen) atoms. The van der Waals surface area contributed by atoms with Gasteiger partial charge in [0.1, 0.15) is 0 Å². The quantitative estimate of drug-likeness (QED) is 0.299. The van der Waals surface area contributed by atoms with Gasteiger partial charge in [-0.1, -0.05) is 60.7 Å². The molecule has 4 rings (SSSR count). The molecule has 0 N–H and O–H groups in total. The summed E-state index contributed by atoms with van der Waals surface area (Å²) < 4.78 is 0. The van der Waals surface area contributed by atoms with Crippen LogP contribution in [0.4, 0.5) is 11.4 Å². The number of hydrogen-bond donors (Lipinski definition) is 0. The Morgan fingerprint density at radius 2 is 1.17 bits per heavy atom. The van der Waals surface area contributed by atoms with Crippen LogP contribution in [0.5, 0.6) is 0 Å². The molecule has 1 aliphatic carbocycles. The van der Waals surface area contributed by atoms with E-state index in [0.29, 0.717) is 0 Å². The molecule has 1 aliphatic rings. The lowest BCUT2D eigenvalue weighted by Gasteiger charge is -2.22. The maximum Gasteiger partial charge on any atom is 0.186 e. The second kappa shape index (κ2) is 11.7. The normalized spacial score (nSPS) is 13.4. The van der Waals surface area contributed by atoms with E-state index in [2.05, 4.69) is 98.2 Å². The predicted octanol–water partition coefficient (Wildman–Crippen LogP) is 7.49. The Morgan fingerprint density at radius 1 is 0.667 bits per heavy atom. The van der Waals surface area contributed by atoms with Gasteiger partial charge in [-0.25, -0.2) is 0 Å². The number of anilines is 2. The number of carbonyl (C=O) groups excluding carboxylic acids is 1. The molecule has 0 amide bonds. The number of nitrogens with zero attached hydrogens (tertiary/aromatic N) is 2. The molecule has 3 nitrogen and oxygen atoms in total. The number of allylic oxidation sites excluding steroid dienone is 4. The van der Waals surface area contributed by atoms with Crippen LogP contribution in [0.15, 0.2) is 91.0 Å². The van der Waals surface area contributed by atoms with E-state index < -0.39 is 0 Å². The minimum Gasteiger partial charge on any atom is -0.372 e. The highest BCUT2D eigenvalue weighted by Gasteiger charge is 2.16. The molecule has 0 heterocycles. The summed E-state index contributed by atoms with van der Waals surface area (Å²) in [7, 11) is 0. The molecule has 0 atom stereocenters. The highest BCUT2D eigenvalue weighted by molar-refractivity contribution is 6.30. The van der Waals surface area contributed by atoms with E-state index in [9.17, 15) is 4.79 Å². The molecule has 0 bridgehead atoms. The third kappa shape index (κ3) is 5.36. The van der Waals surface area contributed by atoms with Crippen molar-refractivity contribution in [2.75, 3.05) is 36.0 Å². The molecular formula is C33H36N2O. The van der Waals surface area contributed by atoms with E-state index in [4.69, 9.17) is 0 Å². The molecule has 0 saturated carbocycles. The van der Waals surface area contributed by atoms with Crippen molar-refractivity contribution in [3.8, 4) is 0 Å². The topological polar surface area (TPSA) is 23.6 Å². The highest BCUT2D eigenvalue weighted by atomic mass is 16.1. The van der Waals surface area contributed by atoms with Gasteiger partial charge in [0.25, 0.3) is 0 Å². The third-order valence-electron chi connectivity index (χ3n) is 6.96. The molecule has 0 spiro atoms. The van der Waals surface area contributed by atoms with Crippen LogP contribution in [0, 0.1) is 0 Å². The van der Waals surface area contributed by atoms with Crippen molar-refractivity contribution in [1.29, 1.82) is 0 Å². The third-order valence-corrected chi connectivity index (χ3v) is 6.96. The van der Waals surface area contributed by atoms with Gasteiger partial charge in [-0.2, -0.15) is 0 Å². The summed E-state index contributed by atoms with van der Waals surface area (Å²) >= 11 is 0. The zero-order valence-electron chi connectivity index (χ0n) is 21.9. The SMILES string of the molecule is CCN(CC)c1ccc(C(=C/C=C2/C(=O)C=Cc3ccccc32)c2ccc(N(CC)CC)cc2)cc1. The average Bonchev–Trinajstić information content (AvgIpc) is 2.92. The molecule has 3 aromatic rings. The minimum atomic E-state index is 0.0399. The lowest BCUT2D eigenvalue weighted by atomic mass is 9.90. The number of rotatable bonds is 9. The maximum absolute atomic E-state index is 12.8. The number of fused-ring (bicyclic) bond motifs is 1. The fraction of sp³-hybridized carbons (Fsp3) is 0.242. The number of ketones is 1. The lowest BCUT2D eigenvalue weighted by Crippen LogP contribution is -2.21. The van der Waals surface area contributed by atoms with Crippen molar-refractivity contribution in [2.24, 2.45) is 0 Å². The summed E-state index contributed by atoms with van der Waals surface area (Å²) in [6, 6.07) is 25.6. The van der Waals surface area contributed by atoms with Crippen LogP contribution in [-0.4, -0.2) is 32.0 Å². The summed E-state index contributed by atoms with van der Waals surface area (Å²) in [5.41, 5.74) is 8.58. The van der Waals surface area contributed by atoms with E-state index in [1.807, 2.05) is 30.4 Å². The second-order valence-corrected chi connectivity index (χ2v) is 8.88. The molecule has 0 unspecified atom stereocenters. The van der Waals surface area contributed by atoms with E-state index in [1.54, 1.807) is 6.08 Å². The summed E-state index contributed by atoms with van der Waals surface area (Å²) in [5.74, 6) is 0.0399. The standard InChI is InChI=1S/C33H36N2O/c1-5-34(6-2)28-18-13-26(14-19-28)30(27-15-20-29(21-16-27)35(7-3)8-4)22-23-32-31-12-10-9-11-25(31)17-24-33(32)36/h9-24H,5-8H2,1-4H3/b32-23+. The molecule has 0 aromatic heterocycles. The summed E-state index contributed by atoms with van der Waals surface area (Å²) in [4.78, 5) is 17.5. The first-order valence-corrected chi connectivity index (χ1v) is 13.0. The Balaban J connectivity index is 1.79. The van der Waals surface area contributed by atoms with Gasteiger partial charge in [0.15, 0.2) is 5.78 Å². The molecule has 0 fully saturated rings. The van der Waals surface area contributed by atoms with Crippen LogP contribution in [-0.2, 0) is 4.79 Å². The number of hydrogen-bond acceptors (Lipinski definition) is 3. The summed E-state index contributed by atoms with van der Waals surface area (Å²) in [6.45, 7) is 12.6. The Kier molecular flexibility index (Phi) is 8.22. The van der Waals surface area contributed by atoms with Gasteiger partial charge in [-0.05, 0) is 91.9 Å². The number of carbonyl (C=O) groups is 1. The number of benzene rings is 3. The average molecular weight is 477 g/mol. The Labute approximate surface area is 216 Å². The Bertz CT molecular complexity index is 1210. The van der Waals surface area contributed by atoms with Crippen LogP contribution in [0.2, 0.25) is 0 Å². The van der Waals surface area contributed by atoms with Crippen molar-refractivity contribution in [2.45, 2.75) is 27.7 Å². The monoisotopic (exact) mass is 476 g/mol. The van der Waals surface area contributed by atoms with Crippen LogP contribution in [0.25, 0.3) is 17.2 Å². The predicted molar refractivity (Wildman–Crippen MR) is 156 cm³/mol. The first-order valence-electron chi connectivity index (χ1n) is 13.0. The first kappa shape index (κ1) is 25.2. The van der Waals surface area contributed by atoms with Gasteiger partial charge in [0, 0.05) is 43.1 Å². The molecule has 0 radical (unpaired) electrons. The highest BCUT2D eigenvalue weighted by Crippen LogP contribution is 2.31. The van der Waals surface area contributed by atoms with Crippen LogP contribution < -0.4 is 9.80 Å².